The minimum Gasteiger partial charge on any atom is -0.286 e. The number of pyridine rings is 1. The SMILES string of the molecule is Cc1nc(C(F)(F)C(F)F)cn1-c1ncc(C(F)(F)F)cc1Cl. The van der Waals surface area contributed by atoms with E-state index >= 15 is 0 Å². The van der Waals surface area contributed by atoms with E-state index in [9.17, 15) is 30.7 Å². The largest absolute Gasteiger partial charge is 0.417 e. The van der Waals surface area contributed by atoms with Crippen LogP contribution in [0.15, 0.2) is 18.5 Å². The van der Waals surface area contributed by atoms with Gasteiger partial charge in [0.25, 0.3) is 0 Å². The van der Waals surface area contributed by atoms with Crippen molar-refractivity contribution in [1.29, 1.82) is 0 Å². The van der Waals surface area contributed by atoms with E-state index in [4.69, 9.17) is 11.6 Å². The lowest BCUT2D eigenvalue weighted by molar-refractivity contribution is -0.137. The summed E-state index contributed by atoms with van der Waals surface area (Å²) < 4.78 is 89.6. The van der Waals surface area contributed by atoms with Gasteiger partial charge in [-0.1, -0.05) is 11.6 Å². The van der Waals surface area contributed by atoms with Crippen LogP contribution in [0.4, 0.5) is 30.7 Å². The van der Waals surface area contributed by atoms with Gasteiger partial charge in [0.15, 0.2) is 5.82 Å². The Morgan fingerprint density at radius 3 is 2.26 bits per heavy atom. The van der Waals surface area contributed by atoms with Crippen molar-refractivity contribution < 1.29 is 30.7 Å². The lowest BCUT2D eigenvalue weighted by atomic mass is 10.2. The molecule has 0 spiro atoms. The number of nitrogens with zero attached hydrogens (tertiary/aromatic N) is 3. The molecule has 3 nitrogen and oxygen atoms in total. The van der Waals surface area contributed by atoms with Crippen molar-refractivity contribution in [3.05, 3.63) is 40.6 Å². The van der Waals surface area contributed by atoms with Crippen LogP contribution in [0.1, 0.15) is 17.1 Å². The highest BCUT2D eigenvalue weighted by Gasteiger charge is 2.45. The smallest absolute Gasteiger partial charge is 0.286 e. The predicted molar refractivity (Wildman–Crippen MR) is 66.0 cm³/mol. The Morgan fingerprint density at radius 2 is 1.78 bits per heavy atom. The fourth-order valence-corrected chi connectivity index (χ4v) is 1.98. The van der Waals surface area contributed by atoms with Crippen molar-refractivity contribution in [2.24, 2.45) is 0 Å². The summed E-state index contributed by atoms with van der Waals surface area (Å²) in [4.78, 5) is 6.76. The number of aryl methyl sites for hydroxylation is 1. The Bertz CT molecular complexity index is 724. The number of hydrogen-bond donors (Lipinski definition) is 0. The second-order valence-corrected chi connectivity index (χ2v) is 4.90. The zero-order valence-corrected chi connectivity index (χ0v) is 11.9. The summed E-state index contributed by atoms with van der Waals surface area (Å²) in [5.41, 5.74) is -2.37. The fourth-order valence-electron chi connectivity index (χ4n) is 1.72. The summed E-state index contributed by atoms with van der Waals surface area (Å²) in [5.74, 6) is -5.02. The molecule has 0 aliphatic heterocycles. The Labute approximate surface area is 129 Å². The Balaban J connectivity index is 2.50. The third-order valence-electron chi connectivity index (χ3n) is 2.88. The third kappa shape index (κ3) is 3.26. The van der Waals surface area contributed by atoms with Gasteiger partial charge in [-0.2, -0.15) is 22.0 Å². The third-order valence-corrected chi connectivity index (χ3v) is 3.15. The standard InChI is InChI=1S/C12H7ClF7N3/c1-5-22-8(11(16,17)10(14)15)4-23(5)9-7(13)2-6(3-21-9)12(18,19)20/h2-4,10H,1H3. The molecule has 23 heavy (non-hydrogen) atoms. The Morgan fingerprint density at radius 1 is 1.17 bits per heavy atom. The van der Waals surface area contributed by atoms with Crippen LogP contribution >= 0.6 is 11.6 Å². The monoisotopic (exact) mass is 361 g/mol. The topological polar surface area (TPSA) is 30.7 Å². The summed E-state index contributed by atoms with van der Waals surface area (Å²) in [5, 5.41) is -0.493. The molecule has 0 amide bonds. The molecule has 0 fully saturated rings. The maximum Gasteiger partial charge on any atom is 0.417 e. The summed E-state index contributed by atoms with van der Waals surface area (Å²) >= 11 is 5.68. The highest BCUT2D eigenvalue weighted by atomic mass is 35.5. The van der Waals surface area contributed by atoms with Crippen molar-refractivity contribution >= 4 is 11.6 Å². The molecule has 2 aromatic rings. The van der Waals surface area contributed by atoms with Gasteiger partial charge in [0.05, 0.1) is 10.6 Å². The molecule has 0 N–H and O–H groups in total. The molecule has 0 bridgehead atoms. The fraction of sp³-hybridized carbons (Fsp3) is 0.333. The lowest BCUT2D eigenvalue weighted by Crippen LogP contribution is -2.24. The van der Waals surface area contributed by atoms with E-state index in [0.717, 1.165) is 4.57 Å². The highest BCUT2D eigenvalue weighted by molar-refractivity contribution is 6.32. The second kappa shape index (κ2) is 5.66. The molecule has 0 aliphatic carbocycles. The molecule has 2 aromatic heterocycles. The molecular weight excluding hydrogens is 355 g/mol. The van der Waals surface area contributed by atoms with Crippen LogP contribution in [0.2, 0.25) is 5.02 Å². The molecule has 0 saturated carbocycles. The maximum atomic E-state index is 13.3. The Kier molecular flexibility index (Phi) is 4.31. The van der Waals surface area contributed by atoms with Crippen molar-refractivity contribution in [1.82, 2.24) is 14.5 Å². The van der Waals surface area contributed by atoms with Gasteiger partial charge in [0.2, 0.25) is 0 Å². The molecule has 126 valence electrons. The molecule has 2 heterocycles. The number of aromatic nitrogens is 3. The van der Waals surface area contributed by atoms with Gasteiger partial charge in [-0.25, -0.2) is 18.7 Å². The van der Waals surface area contributed by atoms with Gasteiger partial charge in [0, 0.05) is 12.4 Å². The molecule has 2 rings (SSSR count). The van der Waals surface area contributed by atoms with E-state index in [2.05, 4.69) is 9.97 Å². The summed E-state index contributed by atoms with van der Waals surface area (Å²) in [7, 11) is 0. The first-order valence-corrected chi connectivity index (χ1v) is 6.28. The van der Waals surface area contributed by atoms with Crippen molar-refractivity contribution in [2.45, 2.75) is 25.4 Å². The number of hydrogen-bond acceptors (Lipinski definition) is 2. The average molecular weight is 362 g/mol. The minimum atomic E-state index is -4.69. The van der Waals surface area contributed by atoms with Crippen LogP contribution in [-0.4, -0.2) is 21.0 Å². The Hall–Kier alpha value is -1.84. The molecule has 0 aromatic carbocycles. The first-order chi connectivity index (χ1) is 10.4. The molecule has 0 atom stereocenters. The summed E-state index contributed by atoms with van der Waals surface area (Å²) in [6.07, 6.45) is -7.66. The van der Waals surface area contributed by atoms with E-state index < -0.39 is 34.8 Å². The molecule has 0 radical (unpaired) electrons. The summed E-state index contributed by atoms with van der Waals surface area (Å²) in [6.45, 7) is 1.20. The van der Waals surface area contributed by atoms with Crippen molar-refractivity contribution in [2.75, 3.05) is 0 Å². The first-order valence-electron chi connectivity index (χ1n) is 5.90. The minimum absolute atomic E-state index is 0.186. The van der Waals surface area contributed by atoms with Crippen LogP contribution in [0.5, 0.6) is 0 Å². The van der Waals surface area contributed by atoms with E-state index in [0.29, 0.717) is 18.5 Å². The van der Waals surface area contributed by atoms with E-state index in [1.165, 1.54) is 6.92 Å². The van der Waals surface area contributed by atoms with Crippen LogP contribution in [-0.2, 0) is 12.1 Å². The quantitative estimate of drug-likeness (QED) is 0.748. The highest BCUT2D eigenvalue weighted by Crippen LogP contribution is 2.36. The average Bonchev–Trinajstić information content (AvgIpc) is 2.80. The van der Waals surface area contributed by atoms with Gasteiger partial charge < -0.3 is 0 Å². The zero-order chi connectivity index (χ0) is 17.6. The number of rotatable bonds is 3. The van der Waals surface area contributed by atoms with Crippen molar-refractivity contribution in [3.63, 3.8) is 0 Å². The van der Waals surface area contributed by atoms with Gasteiger partial charge in [-0.15, -0.1) is 0 Å². The van der Waals surface area contributed by atoms with Crippen LogP contribution in [0, 0.1) is 6.92 Å². The van der Waals surface area contributed by atoms with Gasteiger partial charge >= 0.3 is 18.5 Å². The van der Waals surface area contributed by atoms with E-state index in [-0.39, 0.29) is 11.6 Å². The van der Waals surface area contributed by atoms with Crippen LogP contribution in [0.25, 0.3) is 5.82 Å². The van der Waals surface area contributed by atoms with Crippen molar-refractivity contribution in [3.8, 4) is 5.82 Å². The normalized spacial score (nSPS) is 13.0. The van der Waals surface area contributed by atoms with Crippen LogP contribution in [0.3, 0.4) is 0 Å². The number of imidazole rings is 1. The van der Waals surface area contributed by atoms with E-state index in [1.807, 2.05) is 0 Å². The molecule has 0 aliphatic rings. The summed E-state index contributed by atoms with van der Waals surface area (Å²) in [6, 6.07) is 0.550. The van der Waals surface area contributed by atoms with Gasteiger partial charge in [-0.05, 0) is 13.0 Å². The molecule has 0 unspecified atom stereocenters. The first kappa shape index (κ1) is 17.5. The van der Waals surface area contributed by atoms with Gasteiger partial charge in [-0.3, -0.25) is 4.57 Å². The van der Waals surface area contributed by atoms with Gasteiger partial charge in [0.1, 0.15) is 11.5 Å². The zero-order valence-electron chi connectivity index (χ0n) is 11.2. The molecule has 0 saturated heterocycles. The lowest BCUT2D eigenvalue weighted by Gasteiger charge is -2.12. The van der Waals surface area contributed by atoms with E-state index in [1.54, 1.807) is 0 Å². The van der Waals surface area contributed by atoms with Crippen LogP contribution < -0.4 is 0 Å². The number of halogens is 8. The maximum absolute atomic E-state index is 13.3. The number of alkyl halides is 7. The predicted octanol–water partition coefficient (Wildman–Crippen LogP) is 4.60. The second-order valence-electron chi connectivity index (χ2n) is 4.49. The molecular formula is C12H7ClF7N3. The molecule has 11 heteroatoms.